The first kappa shape index (κ1) is 18.1. The second-order valence-corrected chi connectivity index (χ2v) is 7.00. The third-order valence-electron chi connectivity index (χ3n) is 5.13. The minimum Gasteiger partial charge on any atom is -0.334 e. The minimum absolute atomic E-state index is 0.0199. The van der Waals surface area contributed by atoms with Crippen molar-refractivity contribution in [2.45, 2.75) is 26.3 Å². The summed E-state index contributed by atoms with van der Waals surface area (Å²) in [6, 6.07) is 13.9. The molecule has 0 saturated carbocycles. The third-order valence-corrected chi connectivity index (χ3v) is 5.13. The van der Waals surface area contributed by atoms with Crippen molar-refractivity contribution in [2.75, 3.05) is 6.54 Å². The van der Waals surface area contributed by atoms with Gasteiger partial charge in [-0.25, -0.2) is 9.37 Å². The van der Waals surface area contributed by atoms with E-state index in [0.29, 0.717) is 36.5 Å². The van der Waals surface area contributed by atoms with Crippen LogP contribution in [0.4, 0.5) is 4.39 Å². The number of amides is 1. The molecule has 1 aliphatic heterocycles. The summed E-state index contributed by atoms with van der Waals surface area (Å²) in [6.07, 6.45) is 1.02. The third kappa shape index (κ3) is 3.45. The molecule has 0 spiro atoms. The molecule has 0 bridgehead atoms. The van der Waals surface area contributed by atoms with Crippen molar-refractivity contribution in [1.82, 2.24) is 14.9 Å². The molecule has 6 heteroatoms. The number of halogens is 1. The molecule has 0 fully saturated rings. The second kappa shape index (κ2) is 7.38. The van der Waals surface area contributed by atoms with Crippen LogP contribution in [0, 0.1) is 12.7 Å². The number of hydrogen-bond donors (Lipinski definition) is 1. The number of nitrogens with one attached hydrogen (secondary N) is 1. The van der Waals surface area contributed by atoms with Crippen molar-refractivity contribution in [2.24, 2.45) is 0 Å². The van der Waals surface area contributed by atoms with Crippen LogP contribution in [-0.4, -0.2) is 27.3 Å². The summed E-state index contributed by atoms with van der Waals surface area (Å²) >= 11 is 0. The molecule has 4 rings (SSSR count). The number of rotatable bonds is 3. The molecule has 2 aromatic carbocycles. The summed E-state index contributed by atoms with van der Waals surface area (Å²) in [5, 5.41) is 0. The number of nitrogens with zero attached hydrogens (tertiary/aromatic N) is 2. The fraction of sp³-hybridized carbons (Fsp3) is 0.227. The molecule has 1 aliphatic rings. The standard InChI is InChI=1S/C22H20FN3O2/c1-14-6-2-3-7-15(14)12-20-24-19-10-11-26(13-17(19)21(27)25-20)22(28)16-8-4-5-9-18(16)23/h2-9H,10-13H2,1H3,(H,24,25,27). The lowest BCUT2D eigenvalue weighted by atomic mass is 10.0. The highest BCUT2D eigenvalue weighted by molar-refractivity contribution is 5.94. The zero-order valence-electron chi connectivity index (χ0n) is 15.5. The maximum absolute atomic E-state index is 13.9. The van der Waals surface area contributed by atoms with Crippen molar-refractivity contribution >= 4 is 5.91 Å². The van der Waals surface area contributed by atoms with Crippen LogP contribution in [0.15, 0.2) is 53.3 Å². The Labute approximate surface area is 161 Å². The maximum Gasteiger partial charge on any atom is 0.257 e. The predicted molar refractivity (Wildman–Crippen MR) is 104 cm³/mol. The monoisotopic (exact) mass is 377 g/mol. The van der Waals surface area contributed by atoms with E-state index in [2.05, 4.69) is 9.97 Å². The van der Waals surface area contributed by atoms with Gasteiger partial charge in [-0.05, 0) is 30.2 Å². The molecule has 3 aromatic rings. The lowest BCUT2D eigenvalue weighted by molar-refractivity contribution is 0.0727. The number of benzene rings is 2. The topological polar surface area (TPSA) is 66.1 Å². The fourth-order valence-corrected chi connectivity index (χ4v) is 3.53. The molecule has 1 N–H and O–H groups in total. The van der Waals surface area contributed by atoms with Gasteiger partial charge in [-0.1, -0.05) is 36.4 Å². The maximum atomic E-state index is 13.9. The Bertz CT molecular complexity index is 1110. The molecule has 0 radical (unpaired) electrons. The molecule has 1 amide bonds. The van der Waals surface area contributed by atoms with E-state index in [9.17, 15) is 14.0 Å². The molecule has 2 heterocycles. The van der Waals surface area contributed by atoms with Crippen molar-refractivity contribution in [3.63, 3.8) is 0 Å². The Morgan fingerprint density at radius 2 is 1.93 bits per heavy atom. The van der Waals surface area contributed by atoms with Gasteiger partial charge in [0.05, 0.1) is 23.4 Å². The smallest absolute Gasteiger partial charge is 0.257 e. The van der Waals surface area contributed by atoms with Crippen LogP contribution in [0.5, 0.6) is 0 Å². The molecule has 5 nitrogen and oxygen atoms in total. The molecular formula is C22H20FN3O2. The summed E-state index contributed by atoms with van der Waals surface area (Å²) in [6.45, 7) is 2.56. The van der Waals surface area contributed by atoms with Crippen LogP contribution in [-0.2, 0) is 19.4 Å². The summed E-state index contributed by atoms with van der Waals surface area (Å²) in [4.78, 5) is 34.2. The van der Waals surface area contributed by atoms with E-state index in [4.69, 9.17) is 0 Å². The number of carbonyl (C=O) groups is 1. The molecule has 142 valence electrons. The van der Waals surface area contributed by atoms with Gasteiger partial charge in [0, 0.05) is 19.4 Å². The summed E-state index contributed by atoms with van der Waals surface area (Å²) < 4.78 is 13.9. The quantitative estimate of drug-likeness (QED) is 0.763. The number of hydrogen-bond acceptors (Lipinski definition) is 3. The first-order chi connectivity index (χ1) is 13.5. The molecule has 0 atom stereocenters. The average Bonchev–Trinajstić information content (AvgIpc) is 2.69. The molecule has 0 unspecified atom stereocenters. The lowest BCUT2D eigenvalue weighted by Gasteiger charge is -2.28. The Hall–Kier alpha value is -3.28. The van der Waals surface area contributed by atoms with E-state index in [1.807, 2.05) is 31.2 Å². The van der Waals surface area contributed by atoms with Crippen molar-refractivity contribution in [3.8, 4) is 0 Å². The van der Waals surface area contributed by atoms with Crippen molar-refractivity contribution in [3.05, 3.63) is 98.5 Å². The Morgan fingerprint density at radius 1 is 1.18 bits per heavy atom. The van der Waals surface area contributed by atoms with Crippen LogP contribution in [0.2, 0.25) is 0 Å². The summed E-state index contributed by atoms with van der Waals surface area (Å²) in [5.74, 6) is -0.349. The number of aryl methyl sites for hydroxylation is 1. The van der Waals surface area contributed by atoms with Gasteiger partial charge in [-0.15, -0.1) is 0 Å². The van der Waals surface area contributed by atoms with Gasteiger partial charge in [-0.2, -0.15) is 0 Å². The van der Waals surface area contributed by atoms with Gasteiger partial charge >= 0.3 is 0 Å². The molecule has 28 heavy (non-hydrogen) atoms. The molecular weight excluding hydrogens is 357 g/mol. The molecule has 1 aromatic heterocycles. The van der Waals surface area contributed by atoms with Gasteiger partial charge in [0.1, 0.15) is 11.6 Å². The van der Waals surface area contributed by atoms with Crippen LogP contribution in [0.25, 0.3) is 0 Å². The van der Waals surface area contributed by atoms with Gasteiger partial charge in [0.2, 0.25) is 0 Å². The average molecular weight is 377 g/mol. The van der Waals surface area contributed by atoms with Crippen LogP contribution in [0.1, 0.15) is 38.6 Å². The predicted octanol–water partition coefficient (Wildman–Crippen LogP) is 3.01. The first-order valence-electron chi connectivity index (χ1n) is 9.22. The normalized spacial score (nSPS) is 13.3. The van der Waals surface area contributed by atoms with Gasteiger partial charge in [0.15, 0.2) is 0 Å². The Morgan fingerprint density at radius 3 is 2.71 bits per heavy atom. The van der Waals surface area contributed by atoms with Crippen molar-refractivity contribution < 1.29 is 9.18 Å². The SMILES string of the molecule is Cc1ccccc1Cc1nc2c(c(=O)[nH]1)CN(C(=O)c1ccccc1F)CC2. The van der Waals surface area contributed by atoms with Crippen LogP contribution in [0.3, 0.4) is 0 Å². The lowest BCUT2D eigenvalue weighted by Crippen LogP contribution is -2.40. The summed E-state index contributed by atoms with van der Waals surface area (Å²) in [7, 11) is 0. The van der Waals surface area contributed by atoms with Gasteiger partial charge < -0.3 is 9.88 Å². The van der Waals surface area contributed by atoms with E-state index in [0.717, 1.165) is 11.1 Å². The first-order valence-corrected chi connectivity index (χ1v) is 9.22. The number of H-pyrrole nitrogens is 1. The number of aromatic amines is 1. The zero-order valence-corrected chi connectivity index (χ0v) is 15.5. The molecule has 0 aliphatic carbocycles. The van der Waals surface area contributed by atoms with Crippen molar-refractivity contribution in [1.29, 1.82) is 0 Å². The van der Waals surface area contributed by atoms with E-state index in [1.54, 1.807) is 12.1 Å². The minimum atomic E-state index is -0.557. The largest absolute Gasteiger partial charge is 0.334 e. The highest BCUT2D eigenvalue weighted by Gasteiger charge is 2.26. The number of fused-ring (bicyclic) bond motifs is 1. The van der Waals surface area contributed by atoms with Crippen LogP contribution < -0.4 is 5.56 Å². The van der Waals surface area contributed by atoms with E-state index < -0.39 is 11.7 Å². The second-order valence-electron chi connectivity index (χ2n) is 7.00. The highest BCUT2D eigenvalue weighted by Crippen LogP contribution is 2.19. The highest BCUT2D eigenvalue weighted by atomic mass is 19.1. The fourth-order valence-electron chi connectivity index (χ4n) is 3.53. The van der Waals surface area contributed by atoms with Gasteiger partial charge in [0.25, 0.3) is 11.5 Å². The van der Waals surface area contributed by atoms with Gasteiger partial charge in [-0.3, -0.25) is 9.59 Å². The van der Waals surface area contributed by atoms with E-state index >= 15 is 0 Å². The number of aromatic nitrogens is 2. The Kier molecular flexibility index (Phi) is 4.77. The zero-order chi connectivity index (χ0) is 19.7. The van der Waals surface area contributed by atoms with Crippen LogP contribution >= 0.6 is 0 Å². The Balaban J connectivity index is 1.58. The van der Waals surface area contributed by atoms with E-state index in [1.165, 1.54) is 17.0 Å². The molecule has 0 saturated heterocycles. The number of carbonyl (C=O) groups excluding carboxylic acids is 1. The summed E-state index contributed by atoms with van der Waals surface area (Å²) in [5.41, 5.74) is 3.22. The van der Waals surface area contributed by atoms with E-state index in [-0.39, 0.29) is 17.7 Å².